The van der Waals surface area contributed by atoms with E-state index in [4.69, 9.17) is 15.6 Å². The van der Waals surface area contributed by atoms with Gasteiger partial charge >= 0.3 is 5.65 Å². The van der Waals surface area contributed by atoms with Crippen molar-refractivity contribution in [1.29, 1.82) is 0 Å². The highest BCUT2D eigenvalue weighted by atomic mass is 16.6. The Morgan fingerprint density at radius 3 is 2.86 bits per heavy atom. The molecule has 6 N–H and O–H groups in total. The third-order valence-corrected chi connectivity index (χ3v) is 3.58. The lowest BCUT2D eigenvalue weighted by molar-refractivity contribution is -0.745. The number of nitrogens with one attached hydrogen (secondary N) is 1. The Labute approximate surface area is 118 Å². The van der Waals surface area contributed by atoms with E-state index >= 15 is 0 Å². The molecule has 0 amide bonds. The van der Waals surface area contributed by atoms with E-state index < -0.39 is 36.7 Å². The average Bonchev–Trinajstić information content (AvgIpc) is 2.89. The van der Waals surface area contributed by atoms with E-state index in [0.29, 0.717) is 0 Å². The summed E-state index contributed by atoms with van der Waals surface area (Å²) in [5.41, 5.74) is 5.58. The molecule has 0 radical (unpaired) electrons. The molecular formula is C11H16N5O5+. The van der Waals surface area contributed by atoms with E-state index in [1.54, 1.807) is 7.05 Å². The number of imidazole rings is 1. The van der Waals surface area contributed by atoms with Crippen molar-refractivity contribution in [1.82, 2.24) is 14.5 Å². The molecule has 4 atom stereocenters. The van der Waals surface area contributed by atoms with Gasteiger partial charge in [0.05, 0.1) is 13.7 Å². The minimum atomic E-state index is -1.26. The van der Waals surface area contributed by atoms with Crippen molar-refractivity contribution in [3.05, 3.63) is 16.7 Å². The Hall–Kier alpha value is -2.01. The van der Waals surface area contributed by atoms with Crippen LogP contribution in [0.4, 0.5) is 5.95 Å². The van der Waals surface area contributed by atoms with E-state index in [2.05, 4.69) is 9.97 Å². The Bertz CT molecular complexity index is 740. The molecule has 0 bridgehead atoms. The molecule has 0 spiro atoms. The highest BCUT2D eigenvalue weighted by Crippen LogP contribution is 2.26. The van der Waals surface area contributed by atoms with Gasteiger partial charge in [0.15, 0.2) is 6.33 Å². The molecule has 2 aromatic rings. The van der Waals surface area contributed by atoms with Crippen LogP contribution in [0.25, 0.3) is 11.2 Å². The average molecular weight is 298 g/mol. The Balaban J connectivity index is 2.16. The lowest BCUT2D eigenvalue weighted by Crippen LogP contribution is -2.46. The number of aryl methyl sites for hydroxylation is 1. The minimum Gasteiger partial charge on any atom is -0.394 e. The molecule has 0 aliphatic carbocycles. The highest BCUT2D eigenvalue weighted by Gasteiger charge is 2.46. The van der Waals surface area contributed by atoms with Gasteiger partial charge < -0.3 is 25.8 Å². The highest BCUT2D eigenvalue weighted by molar-refractivity contribution is 5.67. The van der Waals surface area contributed by atoms with Crippen LogP contribution >= 0.6 is 0 Å². The maximum Gasteiger partial charge on any atom is 0.313 e. The quantitative estimate of drug-likeness (QED) is 0.365. The fraction of sp³-hybridized carbons (Fsp3) is 0.545. The number of nitrogen functional groups attached to an aromatic ring is 1. The summed E-state index contributed by atoms with van der Waals surface area (Å²) < 4.78 is 8.35. The number of hydrogen-bond donors (Lipinski definition) is 5. The van der Waals surface area contributed by atoms with Gasteiger partial charge in [0, 0.05) is 0 Å². The molecule has 10 nitrogen and oxygen atoms in total. The Morgan fingerprint density at radius 1 is 1.52 bits per heavy atom. The summed E-state index contributed by atoms with van der Waals surface area (Å²) in [5, 5.41) is 29.0. The van der Waals surface area contributed by atoms with Crippen molar-refractivity contribution in [3.63, 3.8) is 0 Å². The molecule has 1 aliphatic heterocycles. The van der Waals surface area contributed by atoms with Crippen LogP contribution in [0.3, 0.4) is 0 Å². The normalized spacial score (nSPS) is 29.3. The number of aromatic amines is 1. The van der Waals surface area contributed by atoms with Crippen LogP contribution in [-0.4, -0.2) is 54.8 Å². The van der Waals surface area contributed by atoms with Gasteiger partial charge in [0.25, 0.3) is 11.5 Å². The fourth-order valence-corrected chi connectivity index (χ4v) is 2.57. The molecule has 21 heavy (non-hydrogen) atoms. The van der Waals surface area contributed by atoms with Crippen molar-refractivity contribution in [2.24, 2.45) is 7.05 Å². The van der Waals surface area contributed by atoms with Crippen molar-refractivity contribution >= 4 is 17.1 Å². The second-order valence-electron chi connectivity index (χ2n) is 4.99. The number of hydrogen-bond acceptors (Lipinski definition) is 7. The maximum atomic E-state index is 11.9. The number of aromatic nitrogens is 4. The van der Waals surface area contributed by atoms with Crippen molar-refractivity contribution in [3.8, 4) is 0 Å². The summed E-state index contributed by atoms with van der Waals surface area (Å²) in [6, 6.07) is 0. The van der Waals surface area contributed by atoms with Crippen molar-refractivity contribution < 1.29 is 24.6 Å². The molecule has 1 aliphatic rings. The number of aliphatic hydroxyl groups excluding tert-OH is 3. The van der Waals surface area contributed by atoms with Crippen molar-refractivity contribution in [2.75, 3.05) is 12.3 Å². The molecule has 3 heterocycles. The first-order valence-electron chi connectivity index (χ1n) is 6.32. The molecular weight excluding hydrogens is 282 g/mol. The minimum absolute atomic E-state index is 0.0702. The number of fused-ring (bicyclic) bond motifs is 1. The Morgan fingerprint density at radius 2 is 2.24 bits per heavy atom. The smallest absolute Gasteiger partial charge is 0.313 e. The first-order chi connectivity index (χ1) is 9.93. The molecule has 1 fully saturated rings. The van der Waals surface area contributed by atoms with Gasteiger partial charge in [-0.3, -0.25) is 14.3 Å². The standard InChI is InChI=1S/C11H15N5O5/c1-15-3-16(8-5(15)9(20)14-11(12)13-8)10-7(19)6(18)4(2-17)21-10/h3-4,6-7,10,17-19H,2H2,1H3,(H2-,12,13,14,20)/p+1/t4-,6+,7+,10-/m0/s1. The second-order valence-corrected chi connectivity index (χ2v) is 4.99. The summed E-state index contributed by atoms with van der Waals surface area (Å²) in [6.07, 6.45) is -2.88. The second kappa shape index (κ2) is 4.77. The summed E-state index contributed by atoms with van der Waals surface area (Å²) >= 11 is 0. The molecule has 0 aromatic carbocycles. The fourth-order valence-electron chi connectivity index (χ4n) is 2.57. The number of H-pyrrole nitrogens is 1. The van der Waals surface area contributed by atoms with Gasteiger partial charge in [0.2, 0.25) is 11.7 Å². The number of rotatable bonds is 2. The summed E-state index contributed by atoms with van der Waals surface area (Å²) in [7, 11) is 1.63. The molecule has 2 aromatic heterocycles. The van der Waals surface area contributed by atoms with E-state index in [9.17, 15) is 15.0 Å². The maximum absolute atomic E-state index is 11.9. The number of anilines is 1. The lowest BCUT2D eigenvalue weighted by atomic mass is 10.1. The zero-order valence-corrected chi connectivity index (χ0v) is 11.2. The molecule has 10 heteroatoms. The van der Waals surface area contributed by atoms with Gasteiger partial charge in [-0.1, -0.05) is 4.98 Å². The SMILES string of the molecule is Cn1c[n+]([C@H]2O[C@@H](CO)[C@@H](O)[C@H]2O)c2nc(N)[nH]c(=O)c21. The summed E-state index contributed by atoms with van der Waals surface area (Å²) in [6.45, 7) is -0.434. The van der Waals surface area contributed by atoms with Crippen LogP contribution in [0.1, 0.15) is 6.23 Å². The van der Waals surface area contributed by atoms with E-state index in [1.807, 2.05) is 0 Å². The van der Waals surface area contributed by atoms with E-state index in [-0.39, 0.29) is 17.1 Å². The predicted octanol–water partition coefficient (Wildman–Crippen LogP) is -3.26. The van der Waals surface area contributed by atoms with Crippen LogP contribution in [0.15, 0.2) is 11.1 Å². The topological polar surface area (TPSA) is 150 Å². The van der Waals surface area contributed by atoms with Gasteiger partial charge in [-0.05, 0) is 0 Å². The van der Waals surface area contributed by atoms with Gasteiger partial charge in [-0.2, -0.15) is 0 Å². The molecule has 3 rings (SSSR count). The van der Waals surface area contributed by atoms with Crippen LogP contribution in [-0.2, 0) is 11.8 Å². The number of aliphatic hydroxyl groups is 3. The molecule has 1 saturated heterocycles. The van der Waals surface area contributed by atoms with Crippen molar-refractivity contribution in [2.45, 2.75) is 24.5 Å². The molecule has 0 unspecified atom stereocenters. The lowest BCUT2D eigenvalue weighted by Gasteiger charge is -2.11. The van der Waals surface area contributed by atoms with E-state index in [1.165, 1.54) is 15.5 Å². The van der Waals surface area contributed by atoms with Crippen LogP contribution < -0.4 is 15.9 Å². The summed E-state index contributed by atoms with van der Waals surface area (Å²) in [5.74, 6) is -0.0702. The molecule has 114 valence electrons. The van der Waals surface area contributed by atoms with Gasteiger partial charge in [-0.15, -0.1) is 0 Å². The zero-order chi connectivity index (χ0) is 15.3. The van der Waals surface area contributed by atoms with Crippen LogP contribution in [0.5, 0.6) is 0 Å². The predicted molar refractivity (Wildman–Crippen MR) is 69.0 cm³/mol. The first kappa shape index (κ1) is 13.9. The number of ether oxygens (including phenoxy) is 1. The Kier molecular flexibility index (Phi) is 3.17. The van der Waals surface area contributed by atoms with Crippen LogP contribution in [0.2, 0.25) is 0 Å². The number of nitrogens with two attached hydrogens (primary N) is 1. The van der Waals surface area contributed by atoms with E-state index in [0.717, 1.165) is 0 Å². The van der Waals surface area contributed by atoms with Gasteiger partial charge in [-0.25, -0.2) is 4.57 Å². The summed E-state index contributed by atoms with van der Waals surface area (Å²) in [4.78, 5) is 18.3. The first-order valence-corrected chi connectivity index (χ1v) is 6.32. The monoisotopic (exact) mass is 298 g/mol. The molecule has 0 saturated carbocycles. The zero-order valence-electron chi connectivity index (χ0n) is 11.2. The largest absolute Gasteiger partial charge is 0.394 e. The van der Waals surface area contributed by atoms with Crippen LogP contribution in [0, 0.1) is 0 Å². The van der Waals surface area contributed by atoms with Gasteiger partial charge in [0.1, 0.15) is 18.3 Å². The number of nitrogens with zero attached hydrogens (tertiary/aromatic N) is 3. The third kappa shape index (κ3) is 2.00. The third-order valence-electron chi connectivity index (χ3n) is 3.58.